The number of hydrogen-bond donors (Lipinski definition) is 2. The Morgan fingerprint density at radius 1 is 1.24 bits per heavy atom. The molecule has 0 unspecified atom stereocenters. The first kappa shape index (κ1) is 22.2. The minimum absolute atomic E-state index is 0. The van der Waals surface area contributed by atoms with E-state index in [1.165, 1.54) is 50.0 Å². The molecule has 0 bridgehead atoms. The molecule has 1 aliphatic rings. The second-order valence-electron chi connectivity index (χ2n) is 6.39. The summed E-state index contributed by atoms with van der Waals surface area (Å²) in [4.78, 5) is 6.93. The van der Waals surface area contributed by atoms with E-state index in [4.69, 9.17) is 4.74 Å². The standard InChI is InChI=1S/C19H32N4O.HI/c1-4-11-23-12-9-18(10-13-23)22-19(20-2)21-14-16-7-5-6-8-17(16)15-24-3;/h5-8,18H,4,9-15H2,1-3H3,(H2,20,21,22);1H. The first-order valence-corrected chi connectivity index (χ1v) is 9.02. The van der Waals surface area contributed by atoms with E-state index in [9.17, 15) is 0 Å². The van der Waals surface area contributed by atoms with Crippen molar-refractivity contribution in [2.75, 3.05) is 33.8 Å². The van der Waals surface area contributed by atoms with Crippen molar-refractivity contribution in [3.05, 3.63) is 35.4 Å². The summed E-state index contributed by atoms with van der Waals surface area (Å²) in [6, 6.07) is 8.88. The van der Waals surface area contributed by atoms with E-state index in [2.05, 4.69) is 51.7 Å². The number of rotatable bonds is 7. The quantitative estimate of drug-likeness (QED) is 0.373. The Labute approximate surface area is 169 Å². The summed E-state index contributed by atoms with van der Waals surface area (Å²) in [5.74, 6) is 0.885. The molecule has 1 heterocycles. The lowest BCUT2D eigenvalue weighted by atomic mass is 10.1. The molecule has 1 aromatic rings. The molecule has 6 heteroatoms. The highest BCUT2D eigenvalue weighted by Crippen LogP contribution is 2.11. The molecule has 0 spiro atoms. The molecular weight excluding hydrogens is 427 g/mol. The molecule has 0 aliphatic carbocycles. The van der Waals surface area contributed by atoms with Crippen LogP contribution < -0.4 is 10.6 Å². The van der Waals surface area contributed by atoms with Gasteiger partial charge in [0.2, 0.25) is 0 Å². The van der Waals surface area contributed by atoms with Gasteiger partial charge in [0.05, 0.1) is 6.61 Å². The second kappa shape index (κ2) is 12.5. The van der Waals surface area contributed by atoms with Gasteiger partial charge in [-0.05, 0) is 36.9 Å². The fraction of sp³-hybridized carbons (Fsp3) is 0.632. The van der Waals surface area contributed by atoms with E-state index in [1.807, 2.05) is 7.05 Å². The van der Waals surface area contributed by atoms with E-state index in [0.717, 1.165) is 12.5 Å². The number of benzene rings is 1. The normalized spacial score (nSPS) is 16.4. The summed E-state index contributed by atoms with van der Waals surface area (Å²) in [6.07, 6.45) is 3.60. The highest BCUT2D eigenvalue weighted by molar-refractivity contribution is 14.0. The number of nitrogens with one attached hydrogen (secondary N) is 2. The molecule has 1 saturated heterocycles. The van der Waals surface area contributed by atoms with Crippen LogP contribution in [0.15, 0.2) is 29.3 Å². The van der Waals surface area contributed by atoms with Crippen molar-refractivity contribution in [3.63, 3.8) is 0 Å². The van der Waals surface area contributed by atoms with Crippen molar-refractivity contribution in [1.82, 2.24) is 15.5 Å². The molecule has 0 amide bonds. The van der Waals surface area contributed by atoms with Gasteiger partial charge in [-0.1, -0.05) is 31.2 Å². The van der Waals surface area contributed by atoms with Gasteiger partial charge in [-0.25, -0.2) is 0 Å². The Kier molecular flexibility index (Phi) is 11.1. The monoisotopic (exact) mass is 460 g/mol. The minimum Gasteiger partial charge on any atom is -0.380 e. The molecule has 2 N–H and O–H groups in total. The zero-order valence-corrected chi connectivity index (χ0v) is 18.1. The van der Waals surface area contributed by atoms with Crippen LogP contribution >= 0.6 is 24.0 Å². The van der Waals surface area contributed by atoms with Crippen molar-refractivity contribution >= 4 is 29.9 Å². The van der Waals surface area contributed by atoms with Crippen molar-refractivity contribution in [1.29, 1.82) is 0 Å². The molecule has 1 fully saturated rings. The predicted octanol–water partition coefficient (Wildman–Crippen LogP) is 2.99. The smallest absolute Gasteiger partial charge is 0.191 e. The Bertz CT molecular complexity index is 516. The lowest BCUT2D eigenvalue weighted by Gasteiger charge is -2.32. The number of likely N-dealkylation sites (tertiary alicyclic amines) is 1. The van der Waals surface area contributed by atoms with Gasteiger partial charge in [0.1, 0.15) is 0 Å². The van der Waals surface area contributed by atoms with Gasteiger partial charge in [0.25, 0.3) is 0 Å². The van der Waals surface area contributed by atoms with Gasteiger partial charge >= 0.3 is 0 Å². The van der Waals surface area contributed by atoms with Crippen molar-refractivity contribution in [3.8, 4) is 0 Å². The Balaban J connectivity index is 0.00000312. The number of hydrogen-bond acceptors (Lipinski definition) is 3. The average Bonchev–Trinajstić information content (AvgIpc) is 2.61. The summed E-state index contributed by atoms with van der Waals surface area (Å²) >= 11 is 0. The lowest BCUT2D eigenvalue weighted by Crippen LogP contribution is -2.48. The van der Waals surface area contributed by atoms with Crippen molar-refractivity contribution in [2.45, 2.75) is 45.4 Å². The van der Waals surface area contributed by atoms with Crippen LogP contribution in [0.25, 0.3) is 0 Å². The molecule has 1 aliphatic heterocycles. The molecule has 2 rings (SSSR count). The molecular formula is C19H33IN4O. The highest BCUT2D eigenvalue weighted by atomic mass is 127. The summed E-state index contributed by atoms with van der Waals surface area (Å²) in [6.45, 7) is 7.22. The molecule has 0 aromatic heterocycles. The zero-order valence-electron chi connectivity index (χ0n) is 15.8. The van der Waals surface area contributed by atoms with E-state index in [-0.39, 0.29) is 24.0 Å². The maximum atomic E-state index is 5.27. The number of methoxy groups -OCH3 is 1. The third kappa shape index (κ3) is 7.50. The van der Waals surface area contributed by atoms with Gasteiger partial charge in [0.15, 0.2) is 5.96 Å². The predicted molar refractivity (Wildman–Crippen MR) is 116 cm³/mol. The van der Waals surface area contributed by atoms with Crippen LogP contribution in [0.5, 0.6) is 0 Å². The van der Waals surface area contributed by atoms with E-state index >= 15 is 0 Å². The molecule has 25 heavy (non-hydrogen) atoms. The van der Waals surface area contributed by atoms with Crippen LogP contribution in [0.1, 0.15) is 37.3 Å². The summed E-state index contributed by atoms with van der Waals surface area (Å²) < 4.78 is 5.27. The molecule has 0 saturated carbocycles. The minimum atomic E-state index is 0. The second-order valence-corrected chi connectivity index (χ2v) is 6.39. The van der Waals surface area contributed by atoms with Gasteiger partial charge in [-0.2, -0.15) is 0 Å². The topological polar surface area (TPSA) is 48.9 Å². The van der Waals surface area contributed by atoms with Gasteiger partial charge in [0, 0.05) is 39.8 Å². The Morgan fingerprint density at radius 3 is 2.52 bits per heavy atom. The largest absolute Gasteiger partial charge is 0.380 e. The Morgan fingerprint density at radius 2 is 1.92 bits per heavy atom. The fourth-order valence-electron chi connectivity index (χ4n) is 3.21. The summed E-state index contributed by atoms with van der Waals surface area (Å²) in [5.41, 5.74) is 2.47. The maximum absolute atomic E-state index is 5.27. The molecule has 142 valence electrons. The zero-order chi connectivity index (χ0) is 17.2. The SMILES string of the molecule is CCCN1CCC(NC(=NC)NCc2ccccc2COC)CC1.I. The molecule has 0 atom stereocenters. The maximum Gasteiger partial charge on any atom is 0.191 e. The van der Waals surface area contributed by atoms with Crippen LogP contribution in [0.3, 0.4) is 0 Å². The first-order chi connectivity index (χ1) is 11.8. The number of halogens is 1. The summed E-state index contributed by atoms with van der Waals surface area (Å²) in [5, 5.41) is 7.01. The first-order valence-electron chi connectivity index (χ1n) is 9.02. The van der Waals surface area contributed by atoms with E-state index < -0.39 is 0 Å². The number of guanidine groups is 1. The third-order valence-electron chi connectivity index (χ3n) is 4.56. The van der Waals surface area contributed by atoms with Gasteiger partial charge in [-0.3, -0.25) is 4.99 Å². The van der Waals surface area contributed by atoms with E-state index in [1.54, 1.807) is 7.11 Å². The lowest BCUT2D eigenvalue weighted by molar-refractivity contribution is 0.184. The molecule has 1 aromatic carbocycles. The van der Waals surface area contributed by atoms with Crippen LogP contribution in [0.4, 0.5) is 0 Å². The van der Waals surface area contributed by atoms with Gasteiger partial charge < -0.3 is 20.3 Å². The highest BCUT2D eigenvalue weighted by Gasteiger charge is 2.19. The van der Waals surface area contributed by atoms with Crippen LogP contribution in [-0.2, 0) is 17.9 Å². The molecule has 0 radical (unpaired) electrons. The van der Waals surface area contributed by atoms with Gasteiger partial charge in [-0.15, -0.1) is 24.0 Å². The van der Waals surface area contributed by atoms with E-state index in [0.29, 0.717) is 12.6 Å². The van der Waals surface area contributed by atoms with Crippen molar-refractivity contribution in [2.24, 2.45) is 4.99 Å². The molecule has 5 nitrogen and oxygen atoms in total. The number of aliphatic imine (C=N–C) groups is 1. The average molecular weight is 460 g/mol. The van der Waals surface area contributed by atoms with Crippen LogP contribution in [0.2, 0.25) is 0 Å². The van der Waals surface area contributed by atoms with Crippen LogP contribution in [0, 0.1) is 0 Å². The fourth-order valence-corrected chi connectivity index (χ4v) is 3.21. The number of ether oxygens (including phenoxy) is 1. The Hall–Kier alpha value is -0.860. The number of nitrogens with zero attached hydrogens (tertiary/aromatic N) is 2. The summed E-state index contributed by atoms with van der Waals surface area (Å²) in [7, 11) is 3.57. The van der Waals surface area contributed by atoms with Crippen molar-refractivity contribution < 1.29 is 4.74 Å². The van der Waals surface area contributed by atoms with Crippen LogP contribution in [-0.4, -0.2) is 50.7 Å². The number of piperidine rings is 1. The third-order valence-corrected chi connectivity index (χ3v) is 4.56.